The highest BCUT2D eigenvalue weighted by Gasteiger charge is 2.41. The quantitative estimate of drug-likeness (QED) is 0.733. The molecule has 140 valence electrons. The molecule has 25 heavy (non-hydrogen) atoms. The van der Waals surface area contributed by atoms with Gasteiger partial charge in [0.2, 0.25) is 5.91 Å². The number of carbonyl (C=O) groups excluding carboxylic acids is 1. The van der Waals surface area contributed by atoms with Crippen LogP contribution < -0.4 is 0 Å². The van der Waals surface area contributed by atoms with Crippen molar-refractivity contribution in [1.29, 1.82) is 0 Å². The predicted octanol–water partition coefficient (Wildman–Crippen LogP) is 3.08. The highest BCUT2D eigenvalue weighted by molar-refractivity contribution is 7.92. The van der Waals surface area contributed by atoms with Gasteiger partial charge in [-0.3, -0.25) is 4.79 Å². The number of hydrogen-bond donors (Lipinski definition) is 0. The van der Waals surface area contributed by atoms with Gasteiger partial charge in [-0.25, -0.2) is 8.42 Å². The Kier molecular flexibility index (Phi) is 5.80. The molecule has 1 atom stereocenters. The van der Waals surface area contributed by atoms with E-state index in [0.29, 0.717) is 13.1 Å². The summed E-state index contributed by atoms with van der Waals surface area (Å²) < 4.78 is 31.1. The van der Waals surface area contributed by atoms with Gasteiger partial charge in [0.05, 0.1) is 11.0 Å². The first kappa shape index (κ1) is 20.1. The first-order valence-corrected chi connectivity index (χ1v) is 13.2. The lowest BCUT2D eigenvalue weighted by molar-refractivity contribution is -0.127. The predicted molar refractivity (Wildman–Crippen MR) is 102 cm³/mol. The van der Waals surface area contributed by atoms with Crippen LogP contribution in [0.3, 0.4) is 0 Å². The normalized spacial score (nSPS) is 19.2. The number of carbonyl (C=O) groups is 1. The van der Waals surface area contributed by atoms with Gasteiger partial charge in [-0.2, -0.15) is 0 Å². The average Bonchev–Trinajstić information content (AvgIpc) is 2.94. The monoisotopic (exact) mass is 383 g/mol. The van der Waals surface area contributed by atoms with Crippen molar-refractivity contribution in [3.63, 3.8) is 0 Å². The minimum absolute atomic E-state index is 0.00395. The maximum atomic E-state index is 12.4. The van der Waals surface area contributed by atoms with Crippen LogP contribution >= 0.6 is 0 Å². The van der Waals surface area contributed by atoms with Gasteiger partial charge in [0, 0.05) is 13.1 Å². The first-order valence-electron chi connectivity index (χ1n) is 8.66. The second-order valence-electron chi connectivity index (χ2n) is 8.20. The van der Waals surface area contributed by atoms with E-state index in [-0.39, 0.29) is 21.9 Å². The van der Waals surface area contributed by atoms with Crippen molar-refractivity contribution in [2.75, 3.05) is 18.8 Å². The number of amides is 1. The van der Waals surface area contributed by atoms with Crippen molar-refractivity contribution in [3.05, 3.63) is 30.3 Å². The molecule has 0 aliphatic carbocycles. The number of likely N-dealkylation sites (tertiary alicyclic amines) is 1. The molecule has 0 spiro atoms. The minimum Gasteiger partial charge on any atom is -0.412 e. The molecule has 1 fully saturated rings. The zero-order chi connectivity index (χ0) is 18.9. The third kappa shape index (κ3) is 4.92. The van der Waals surface area contributed by atoms with E-state index in [1.807, 2.05) is 0 Å². The zero-order valence-electron chi connectivity index (χ0n) is 15.8. The van der Waals surface area contributed by atoms with Crippen LogP contribution in [0, 0.1) is 0 Å². The van der Waals surface area contributed by atoms with E-state index in [2.05, 4.69) is 33.9 Å². The van der Waals surface area contributed by atoms with Crippen LogP contribution in [0.15, 0.2) is 35.2 Å². The van der Waals surface area contributed by atoms with Crippen molar-refractivity contribution < 1.29 is 17.6 Å². The highest BCUT2D eigenvalue weighted by Crippen LogP contribution is 2.38. The Morgan fingerprint density at radius 2 is 1.84 bits per heavy atom. The minimum atomic E-state index is -3.60. The topological polar surface area (TPSA) is 63.7 Å². The molecule has 1 amide bonds. The van der Waals surface area contributed by atoms with Gasteiger partial charge in [-0.1, -0.05) is 39.0 Å². The number of benzene rings is 1. The summed E-state index contributed by atoms with van der Waals surface area (Å²) in [5.41, 5.74) is 0. The maximum absolute atomic E-state index is 12.4. The molecular formula is C18H29NO4SSi. The lowest BCUT2D eigenvalue weighted by Crippen LogP contribution is -2.45. The van der Waals surface area contributed by atoms with Crippen molar-refractivity contribution in [2.45, 2.75) is 56.3 Å². The first-order chi connectivity index (χ1) is 11.4. The van der Waals surface area contributed by atoms with Crippen LogP contribution in [0.1, 0.15) is 27.2 Å². The molecule has 0 radical (unpaired) electrons. The number of sulfone groups is 1. The van der Waals surface area contributed by atoms with Crippen LogP contribution in [-0.4, -0.2) is 52.5 Å². The zero-order valence-corrected chi connectivity index (χ0v) is 17.6. The van der Waals surface area contributed by atoms with Gasteiger partial charge in [0.1, 0.15) is 5.75 Å². The van der Waals surface area contributed by atoms with E-state index in [9.17, 15) is 13.2 Å². The smallest absolute Gasteiger partial charge is 0.238 e. The molecule has 7 heteroatoms. The van der Waals surface area contributed by atoms with Gasteiger partial charge in [0.25, 0.3) is 0 Å². The number of nitrogens with zero attached hydrogens (tertiary/aromatic N) is 1. The summed E-state index contributed by atoms with van der Waals surface area (Å²) >= 11 is 0. The fourth-order valence-electron chi connectivity index (χ4n) is 2.61. The summed E-state index contributed by atoms with van der Waals surface area (Å²) in [5, 5.41) is 0.112. The molecule has 0 unspecified atom stereocenters. The van der Waals surface area contributed by atoms with Crippen molar-refractivity contribution in [2.24, 2.45) is 0 Å². The standard InChI is InChI=1S/C18H29NO4SSi/c1-18(2,3)25(4,5)23-15-11-12-19(13-15)17(20)14-24(21,22)16-9-7-6-8-10-16/h6-10,15H,11-14H2,1-5H3/t15-/m1/s1. The summed E-state index contributed by atoms with van der Waals surface area (Å²) in [6.45, 7) is 12.0. The Balaban J connectivity index is 1.97. The molecule has 1 aromatic carbocycles. The number of hydrogen-bond acceptors (Lipinski definition) is 4. The Hall–Kier alpha value is -1.18. The van der Waals surface area contributed by atoms with E-state index in [0.717, 1.165) is 6.42 Å². The van der Waals surface area contributed by atoms with Gasteiger partial charge < -0.3 is 9.33 Å². The Morgan fingerprint density at radius 3 is 2.40 bits per heavy atom. The lowest BCUT2D eigenvalue weighted by atomic mass is 10.2. The molecule has 1 aromatic rings. The van der Waals surface area contributed by atoms with Crippen molar-refractivity contribution >= 4 is 24.1 Å². The van der Waals surface area contributed by atoms with E-state index >= 15 is 0 Å². The number of rotatable bonds is 5. The van der Waals surface area contributed by atoms with Crippen LogP contribution in [-0.2, 0) is 19.1 Å². The summed E-state index contributed by atoms with van der Waals surface area (Å²) in [4.78, 5) is 14.3. The van der Waals surface area contributed by atoms with Crippen molar-refractivity contribution in [1.82, 2.24) is 4.90 Å². The Morgan fingerprint density at radius 1 is 1.24 bits per heavy atom. The van der Waals surface area contributed by atoms with Crippen LogP contribution in [0.2, 0.25) is 18.1 Å². The third-order valence-corrected chi connectivity index (χ3v) is 11.3. The molecule has 5 nitrogen and oxygen atoms in total. The molecule has 1 saturated heterocycles. The molecule has 0 saturated carbocycles. The molecule has 2 rings (SSSR count). The average molecular weight is 384 g/mol. The molecule has 0 N–H and O–H groups in total. The largest absolute Gasteiger partial charge is 0.412 e. The molecule has 0 aromatic heterocycles. The fourth-order valence-corrected chi connectivity index (χ4v) is 5.23. The molecule has 0 bridgehead atoms. The van der Waals surface area contributed by atoms with Crippen LogP contribution in [0.5, 0.6) is 0 Å². The summed E-state index contributed by atoms with van der Waals surface area (Å²) in [6, 6.07) is 8.13. The van der Waals surface area contributed by atoms with Gasteiger partial charge >= 0.3 is 0 Å². The van der Waals surface area contributed by atoms with Crippen LogP contribution in [0.25, 0.3) is 0 Å². The summed E-state index contributed by atoms with van der Waals surface area (Å²) in [7, 11) is -5.49. The molecule has 1 aliphatic rings. The maximum Gasteiger partial charge on any atom is 0.238 e. The molecule has 1 heterocycles. The third-order valence-electron chi connectivity index (χ3n) is 5.18. The van der Waals surface area contributed by atoms with Crippen molar-refractivity contribution in [3.8, 4) is 0 Å². The van der Waals surface area contributed by atoms with E-state index in [1.165, 1.54) is 12.1 Å². The molecule has 1 aliphatic heterocycles. The van der Waals surface area contributed by atoms with E-state index < -0.39 is 23.9 Å². The lowest BCUT2D eigenvalue weighted by Gasteiger charge is -2.38. The second kappa shape index (κ2) is 7.21. The Bertz CT molecular complexity index is 710. The summed E-state index contributed by atoms with van der Waals surface area (Å²) in [6.07, 6.45) is 0.771. The van der Waals surface area contributed by atoms with Crippen LogP contribution in [0.4, 0.5) is 0 Å². The van der Waals surface area contributed by atoms with Gasteiger partial charge in [-0.05, 0) is 36.7 Å². The van der Waals surface area contributed by atoms with Gasteiger partial charge in [-0.15, -0.1) is 0 Å². The van der Waals surface area contributed by atoms with Gasteiger partial charge in [0.15, 0.2) is 18.2 Å². The second-order valence-corrected chi connectivity index (χ2v) is 14.9. The SMILES string of the molecule is CC(C)(C)[Si](C)(C)O[C@@H]1CCN(C(=O)CS(=O)(=O)c2ccccc2)C1. The van der Waals surface area contributed by atoms with E-state index in [1.54, 1.807) is 23.1 Å². The fraction of sp³-hybridized carbons (Fsp3) is 0.611. The Labute approximate surface area is 152 Å². The summed E-state index contributed by atoms with van der Waals surface area (Å²) in [5.74, 6) is -0.825. The highest BCUT2D eigenvalue weighted by atomic mass is 32.2. The van der Waals surface area contributed by atoms with E-state index in [4.69, 9.17) is 4.43 Å². The molecular weight excluding hydrogens is 354 g/mol.